The Hall–Kier alpha value is -2.75. The molecule has 0 amide bonds. The second kappa shape index (κ2) is 5.32. The normalized spacial score (nSPS) is 10.6. The van der Waals surface area contributed by atoms with Crippen LogP contribution in [0.3, 0.4) is 0 Å². The Labute approximate surface area is 122 Å². The van der Waals surface area contributed by atoms with E-state index in [4.69, 9.17) is 0 Å². The van der Waals surface area contributed by atoms with Gasteiger partial charge in [0.2, 0.25) is 0 Å². The predicted octanol–water partition coefficient (Wildman–Crippen LogP) is 3.12. The van der Waals surface area contributed by atoms with Crippen LogP contribution in [0.5, 0.6) is 0 Å². The van der Waals surface area contributed by atoms with Crippen LogP contribution in [0.2, 0.25) is 0 Å². The molecule has 21 heavy (non-hydrogen) atoms. The second-order valence-electron chi connectivity index (χ2n) is 4.92. The maximum atomic E-state index is 12.2. The number of hydrogen-bond donors (Lipinski definition) is 1. The highest BCUT2D eigenvalue weighted by Crippen LogP contribution is 2.21. The lowest BCUT2D eigenvalue weighted by Gasteiger charge is -2.08. The fourth-order valence-electron chi connectivity index (χ4n) is 2.21. The van der Waals surface area contributed by atoms with Crippen LogP contribution in [0.4, 0.5) is 0 Å². The number of pyridine rings is 1. The maximum Gasteiger partial charge on any atom is 0.254 e. The summed E-state index contributed by atoms with van der Waals surface area (Å²) in [5, 5.41) is 0. The third-order valence-electron chi connectivity index (χ3n) is 3.33. The molecule has 3 aromatic rings. The molecular formula is C17H15N3O. The molecule has 0 aliphatic rings. The van der Waals surface area contributed by atoms with Gasteiger partial charge in [0.25, 0.3) is 5.56 Å². The van der Waals surface area contributed by atoms with E-state index in [2.05, 4.69) is 15.0 Å². The van der Waals surface area contributed by atoms with E-state index in [1.165, 1.54) is 0 Å². The monoisotopic (exact) mass is 277 g/mol. The Bertz CT molecular complexity index is 838. The van der Waals surface area contributed by atoms with Crippen molar-refractivity contribution in [3.8, 4) is 22.8 Å². The highest BCUT2D eigenvalue weighted by molar-refractivity contribution is 5.65. The van der Waals surface area contributed by atoms with Crippen molar-refractivity contribution in [1.29, 1.82) is 0 Å². The Morgan fingerprint density at radius 1 is 0.905 bits per heavy atom. The Balaban J connectivity index is 2.21. The molecule has 0 saturated heterocycles. The minimum Gasteiger partial charge on any atom is -0.305 e. The summed E-state index contributed by atoms with van der Waals surface area (Å²) in [5.41, 5.74) is 3.65. The van der Waals surface area contributed by atoms with E-state index in [9.17, 15) is 4.79 Å². The third kappa shape index (κ3) is 2.60. The molecule has 4 nitrogen and oxygen atoms in total. The van der Waals surface area contributed by atoms with Crippen molar-refractivity contribution in [3.63, 3.8) is 0 Å². The van der Waals surface area contributed by atoms with E-state index in [-0.39, 0.29) is 5.56 Å². The highest BCUT2D eigenvalue weighted by atomic mass is 16.1. The Morgan fingerprint density at radius 2 is 1.67 bits per heavy atom. The maximum absolute atomic E-state index is 12.2. The van der Waals surface area contributed by atoms with Crippen molar-refractivity contribution in [1.82, 2.24) is 15.0 Å². The first-order valence-corrected chi connectivity index (χ1v) is 6.75. The number of hydrogen-bond acceptors (Lipinski definition) is 3. The lowest BCUT2D eigenvalue weighted by Crippen LogP contribution is -2.14. The molecule has 0 fully saturated rings. The summed E-state index contributed by atoms with van der Waals surface area (Å²) in [7, 11) is 0. The number of aryl methyl sites for hydroxylation is 1. The van der Waals surface area contributed by atoms with Gasteiger partial charge < -0.3 is 4.98 Å². The highest BCUT2D eigenvalue weighted by Gasteiger charge is 2.11. The van der Waals surface area contributed by atoms with Crippen LogP contribution in [0.15, 0.2) is 53.3 Å². The van der Waals surface area contributed by atoms with Crippen molar-refractivity contribution < 1.29 is 0 Å². The number of aromatic nitrogens is 3. The SMILES string of the molecule is Cc1cccc(-c2nc(-c3ccccc3)c(C)c(=O)[nH]2)n1. The summed E-state index contributed by atoms with van der Waals surface area (Å²) >= 11 is 0. The minimum atomic E-state index is -0.137. The van der Waals surface area contributed by atoms with Crippen LogP contribution in [0.25, 0.3) is 22.8 Å². The molecule has 0 radical (unpaired) electrons. The molecule has 3 rings (SSSR count). The average molecular weight is 277 g/mol. The van der Waals surface area contributed by atoms with Crippen molar-refractivity contribution in [2.75, 3.05) is 0 Å². The number of rotatable bonds is 2. The fourth-order valence-corrected chi connectivity index (χ4v) is 2.21. The smallest absolute Gasteiger partial charge is 0.254 e. The third-order valence-corrected chi connectivity index (χ3v) is 3.33. The molecule has 0 bridgehead atoms. The van der Waals surface area contributed by atoms with Crippen LogP contribution >= 0.6 is 0 Å². The molecule has 0 spiro atoms. The van der Waals surface area contributed by atoms with Crippen molar-refractivity contribution in [2.45, 2.75) is 13.8 Å². The van der Waals surface area contributed by atoms with Gasteiger partial charge in [0.1, 0.15) is 5.69 Å². The van der Waals surface area contributed by atoms with Crippen LogP contribution < -0.4 is 5.56 Å². The average Bonchev–Trinajstić information content (AvgIpc) is 2.51. The first kappa shape index (κ1) is 13.2. The lowest BCUT2D eigenvalue weighted by molar-refractivity contribution is 1.06. The summed E-state index contributed by atoms with van der Waals surface area (Å²) in [5.74, 6) is 0.494. The molecule has 0 aliphatic carbocycles. The molecule has 1 aromatic carbocycles. The van der Waals surface area contributed by atoms with Gasteiger partial charge in [-0.15, -0.1) is 0 Å². The molecule has 0 unspecified atom stereocenters. The molecule has 1 N–H and O–H groups in total. The predicted molar refractivity (Wildman–Crippen MR) is 83.0 cm³/mol. The van der Waals surface area contributed by atoms with Gasteiger partial charge in [0, 0.05) is 16.8 Å². The zero-order valence-corrected chi connectivity index (χ0v) is 11.9. The second-order valence-corrected chi connectivity index (χ2v) is 4.92. The lowest BCUT2D eigenvalue weighted by atomic mass is 10.1. The zero-order valence-electron chi connectivity index (χ0n) is 11.9. The molecule has 0 saturated carbocycles. The van der Waals surface area contributed by atoms with E-state index < -0.39 is 0 Å². The van der Waals surface area contributed by atoms with Crippen LogP contribution in [-0.2, 0) is 0 Å². The van der Waals surface area contributed by atoms with Crippen LogP contribution in [-0.4, -0.2) is 15.0 Å². The first-order valence-electron chi connectivity index (χ1n) is 6.75. The van der Waals surface area contributed by atoms with E-state index in [0.717, 1.165) is 11.3 Å². The van der Waals surface area contributed by atoms with E-state index in [1.54, 1.807) is 6.92 Å². The summed E-state index contributed by atoms with van der Waals surface area (Å²) in [4.78, 5) is 24.0. The fraction of sp³-hybridized carbons (Fsp3) is 0.118. The minimum absolute atomic E-state index is 0.137. The number of H-pyrrole nitrogens is 1. The van der Waals surface area contributed by atoms with Gasteiger partial charge in [-0.3, -0.25) is 4.79 Å². The number of benzene rings is 1. The molecule has 2 heterocycles. The number of nitrogens with one attached hydrogen (secondary N) is 1. The van der Waals surface area contributed by atoms with Gasteiger partial charge in [-0.2, -0.15) is 0 Å². The van der Waals surface area contributed by atoms with Crippen molar-refractivity contribution >= 4 is 0 Å². The van der Waals surface area contributed by atoms with Gasteiger partial charge in [0.15, 0.2) is 5.82 Å². The van der Waals surface area contributed by atoms with E-state index in [0.29, 0.717) is 22.8 Å². The molecule has 0 aliphatic heterocycles. The molecule has 0 atom stereocenters. The Kier molecular flexibility index (Phi) is 3.36. The molecule has 104 valence electrons. The van der Waals surface area contributed by atoms with Crippen molar-refractivity contribution in [3.05, 3.63) is 70.1 Å². The van der Waals surface area contributed by atoms with Crippen molar-refractivity contribution in [2.24, 2.45) is 0 Å². The summed E-state index contributed by atoms with van der Waals surface area (Å²) in [6.07, 6.45) is 0. The largest absolute Gasteiger partial charge is 0.305 e. The molecule has 2 aromatic heterocycles. The summed E-state index contributed by atoms with van der Waals surface area (Å²) < 4.78 is 0. The van der Waals surface area contributed by atoms with Gasteiger partial charge in [0.05, 0.1) is 5.69 Å². The Morgan fingerprint density at radius 3 is 2.38 bits per heavy atom. The van der Waals surface area contributed by atoms with Gasteiger partial charge in [-0.25, -0.2) is 9.97 Å². The zero-order chi connectivity index (χ0) is 14.8. The van der Waals surface area contributed by atoms with Gasteiger partial charge in [-0.05, 0) is 26.0 Å². The van der Waals surface area contributed by atoms with E-state index in [1.807, 2.05) is 55.5 Å². The standard InChI is InChI=1S/C17H15N3O/c1-11-7-6-10-14(18-11)16-19-15(12(2)17(21)20-16)13-8-4-3-5-9-13/h3-10H,1-2H3,(H,19,20,21). The summed E-state index contributed by atoms with van der Waals surface area (Å²) in [6, 6.07) is 15.4. The molecular weight excluding hydrogens is 262 g/mol. The first-order chi connectivity index (χ1) is 10.1. The topological polar surface area (TPSA) is 58.6 Å². The summed E-state index contributed by atoms with van der Waals surface area (Å²) in [6.45, 7) is 3.69. The van der Waals surface area contributed by atoms with Crippen LogP contribution in [0, 0.1) is 13.8 Å². The van der Waals surface area contributed by atoms with Crippen LogP contribution in [0.1, 0.15) is 11.3 Å². The van der Waals surface area contributed by atoms with Gasteiger partial charge in [-0.1, -0.05) is 36.4 Å². The number of nitrogens with zero attached hydrogens (tertiary/aromatic N) is 2. The van der Waals surface area contributed by atoms with Gasteiger partial charge >= 0.3 is 0 Å². The number of aromatic amines is 1. The quantitative estimate of drug-likeness (QED) is 0.783. The molecule has 4 heteroatoms. The van der Waals surface area contributed by atoms with E-state index >= 15 is 0 Å².